The first-order chi connectivity index (χ1) is 25.7. The predicted octanol–water partition coefficient (Wildman–Crippen LogP) is 7.80. The Labute approximate surface area is 316 Å². The van der Waals surface area contributed by atoms with E-state index >= 15 is 0 Å². The van der Waals surface area contributed by atoms with E-state index in [1.54, 1.807) is 36.1 Å². The van der Waals surface area contributed by atoms with Crippen LogP contribution in [0.4, 0.5) is 11.4 Å². The van der Waals surface area contributed by atoms with Crippen LogP contribution < -0.4 is 19.3 Å². The number of ether oxygens (including phenoxy) is 4. The van der Waals surface area contributed by atoms with Crippen LogP contribution in [-0.4, -0.2) is 63.2 Å². The van der Waals surface area contributed by atoms with Crippen LogP contribution in [-0.2, 0) is 24.5 Å². The molecule has 3 aromatic rings. The summed E-state index contributed by atoms with van der Waals surface area (Å²) in [6.07, 6.45) is 5.67. The van der Waals surface area contributed by atoms with E-state index < -0.39 is 17.6 Å². The number of halogens is 1. The van der Waals surface area contributed by atoms with Gasteiger partial charge >= 0.3 is 5.97 Å². The van der Waals surface area contributed by atoms with Gasteiger partial charge in [-0.3, -0.25) is 9.59 Å². The minimum Gasteiger partial charge on any atom is -0.493 e. The third-order valence-electron chi connectivity index (χ3n) is 10.8. The molecular formula is C42H48ClN3O7. The molecule has 1 heterocycles. The molecule has 0 saturated heterocycles. The zero-order valence-corrected chi connectivity index (χ0v) is 31.4. The van der Waals surface area contributed by atoms with Gasteiger partial charge in [0.15, 0.2) is 17.7 Å². The summed E-state index contributed by atoms with van der Waals surface area (Å²) in [5.41, 5.74) is 2.07. The molecule has 1 N–H and O–H groups in total. The lowest BCUT2D eigenvalue weighted by Crippen LogP contribution is -2.45. The van der Waals surface area contributed by atoms with E-state index in [0.717, 1.165) is 31.2 Å². The number of rotatable bonds is 13. The van der Waals surface area contributed by atoms with Gasteiger partial charge in [-0.25, -0.2) is 0 Å². The third kappa shape index (κ3) is 7.97. The molecule has 1 atom stereocenters. The number of methoxy groups -OCH3 is 1. The van der Waals surface area contributed by atoms with Crippen LogP contribution in [0.25, 0.3) is 5.76 Å². The van der Waals surface area contributed by atoms with Crippen molar-refractivity contribution in [1.82, 2.24) is 0 Å². The number of likely N-dealkylation sites (N-methyl/N-ethyl adjacent to an activating group) is 2. The zero-order valence-electron chi connectivity index (χ0n) is 30.7. The first kappa shape index (κ1) is 38.0. The number of fused-ring (bicyclic) bond motifs is 1. The maximum atomic E-state index is 14.1. The Morgan fingerprint density at radius 3 is 2.42 bits per heavy atom. The molecule has 3 aliphatic rings. The zero-order chi connectivity index (χ0) is 37.5. The second-order valence-corrected chi connectivity index (χ2v) is 14.4. The SMILES string of the molecule is CCN(C(=O)C1=C(OCCCOC(=O)[C@H]2CC[C@](C#N)(c3ccc(OC)c(OC4CCCC4)c3)CC2)c2c(Cl)cccc2N(C)C1O)c1ccccc1. The van der Waals surface area contributed by atoms with Crippen LogP contribution in [0.15, 0.2) is 72.3 Å². The van der Waals surface area contributed by atoms with Gasteiger partial charge in [-0.2, -0.15) is 5.26 Å². The Balaban J connectivity index is 1.09. The van der Waals surface area contributed by atoms with Crippen molar-refractivity contribution in [3.05, 3.63) is 88.5 Å². The van der Waals surface area contributed by atoms with Gasteiger partial charge in [-0.1, -0.05) is 41.9 Å². The van der Waals surface area contributed by atoms with E-state index in [1.807, 2.05) is 61.5 Å². The smallest absolute Gasteiger partial charge is 0.308 e. The van der Waals surface area contributed by atoms with E-state index in [0.29, 0.717) is 72.1 Å². The van der Waals surface area contributed by atoms with Crippen LogP contribution in [0.5, 0.6) is 11.5 Å². The average molecular weight is 742 g/mol. The number of nitriles is 1. The minimum atomic E-state index is -1.28. The molecule has 1 amide bonds. The van der Waals surface area contributed by atoms with E-state index in [2.05, 4.69) is 6.07 Å². The number of aliphatic hydroxyl groups is 1. The number of benzene rings is 3. The van der Waals surface area contributed by atoms with E-state index in [9.17, 15) is 20.0 Å². The number of anilines is 2. The number of hydrogen-bond acceptors (Lipinski definition) is 9. The number of hydrogen-bond donors (Lipinski definition) is 1. The van der Waals surface area contributed by atoms with Gasteiger partial charge in [0.2, 0.25) is 0 Å². The van der Waals surface area contributed by atoms with Crippen molar-refractivity contribution < 1.29 is 33.6 Å². The summed E-state index contributed by atoms with van der Waals surface area (Å²) >= 11 is 6.69. The third-order valence-corrected chi connectivity index (χ3v) is 11.1. The molecule has 11 heteroatoms. The van der Waals surface area contributed by atoms with Gasteiger partial charge in [0.25, 0.3) is 5.91 Å². The van der Waals surface area contributed by atoms with Crippen LogP contribution >= 0.6 is 11.6 Å². The predicted molar refractivity (Wildman–Crippen MR) is 204 cm³/mol. The van der Waals surface area contributed by atoms with Crippen LogP contribution in [0, 0.1) is 17.2 Å². The fourth-order valence-electron chi connectivity index (χ4n) is 7.75. The quantitative estimate of drug-likeness (QED) is 0.138. The second kappa shape index (κ2) is 17.0. The topological polar surface area (TPSA) is 122 Å². The second-order valence-electron chi connectivity index (χ2n) is 14.0. The molecule has 3 aromatic carbocycles. The molecule has 2 aliphatic carbocycles. The van der Waals surface area contributed by atoms with Crippen LogP contribution in [0.3, 0.4) is 0 Å². The number of carbonyl (C=O) groups excluding carboxylic acids is 2. The summed E-state index contributed by atoms with van der Waals surface area (Å²) in [5.74, 6) is 0.520. The van der Waals surface area contributed by atoms with Crippen molar-refractivity contribution >= 4 is 40.6 Å². The Kier molecular flexibility index (Phi) is 12.2. The Morgan fingerprint density at radius 1 is 1.00 bits per heavy atom. The summed E-state index contributed by atoms with van der Waals surface area (Å²) in [7, 11) is 3.32. The highest BCUT2D eigenvalue weighted by Crippen LogP contribution is 2.45. The normalized spacial score (nSPS) is 21.4. The van der Waals surface area contributed by atoms with Gasteiger partial charge in [-0.15, -0.1) is 0 Å². The Bertz CT molecular complexity index is 1840. The highest BCUT2D eigenvalue weighted by atomic mass is 35.5. The molecule has 6 rings (SSSR count). The summed E-state index contributed by atoms with van der Waals surface area (Å²) in [6.45, 7) is 2.46. The summed E-state index contributed by atoms with van der Waals surface area (Å²) in [5, 5.41) is 22.2. The van der Waals surface area contributed by atoms with Crippen molar-refractivity contribution in [2.45, 2.75) is 82.5 Å². The number of nitrogens with zero attached hydrogens (tertiary/aromatic N) is 3. The number of para-hydroxylation sites is 1. The van der Waals surface area contributed by atoms with E-state index in [-0.39, 0.29) is 42.5 Å². The molecule has 2 saturated carbocycles. The number of carbonyl (C=O) groups is 2. The van der Waals surface area contributed by atoms with Crippen LogP contribution in [0.2, 0.25) is 5.02 Å². The van der Waals surface area contributed by atoms with Crippen molar-refractivity contribution in [3.8, 4) is 17.6 Å². The van der Waals surface area contributed by atoms with Gasteiger partial charge in [0.05, 0.1) is 60.1 Å². The molecule has 0 bridgehead atoms. The minimum absolute atomic E-state index is 0.0769. The summed E-state index contributed by atoms with van der Waals surface area (Å²) in [4.78, 5) is 30.5. The average Bonchev–Trinajstić information content (AvgIpc) is 3.70. The number of esters is 1. The molecule has 0 radical (unpaired) electrons. The molecule has 0 aromatic heterocycles. The fourth-order valence-corrected chi connectivity index (χ4v) is 8.01. The van der Waals surface area contributed by atoms with E-state index in [4.69, 9.17) is 30.5 Å². The molecule has 1 unspecified atom stereocenters. The van der Waals surface area contributed by atoms with Gasteiger partial charge < -0.3 is 33.9 Å². The fraction of sp³-hybridized carbons (Fsp3) is 0.452. The Hall–Kier alpha value is -4.72. The Morgan fingerprint density at radius 2 is 1.74 bits per heavy atom. The van der Waals surface area contributed by atoms with Gasteiger partial charge in [0, 0.05) is 25.7 Å². The first-order valence-corrected chi connectivity index (χ1v) is 19.0. The highest BCUT2D eigenvalue weighted by Gasteiger charge is 2.41. The molecule has 2 fully saturated rings. The standard InChI is InChI=1S/C42H48ClN3O7/c1-4-46(30-12-6-5-7-13-30)40(48)37-38(36-32(43)16-10-17-33(36)45(2)39(37)47)51-24-11-25-52-41(49)28-20-22-42(27-44,23-21-28)29-18-19-34(50-3)35(26-29)53-31-14-8-9-15-31/h5-7,10,12-13,16-19,26,28,31,39,47H,4,8-9,11,14-15,20-25H2,1-3H3/t28-,39?,42-. The molecule has 280 valence electrons. The lowest BCUT2D eigenvalue weighted by atomic mass is 9.67. The van der Waals surface area contributed by atoms with Gasteiger partial charge in [-0.05, 0) is 100 Å². The van der Waals surface area contributed by atoms with Crippen molar-refractivity contribution in [2.75, 3.05) is 43.7 Å². The molecule has 0 spiro atoms. The molecular weight excluding hydrogens is 694 g/mol. The van der Waals surface area contributed by atoms with E-state index in [1.165, 1.54) is 0 Å². The highest BCUT2D eigenvalue weighted by molar-refractivity contribution is 6.33. The summed E-state index contributed by atoms with van der Waals surface area (Å²) < 4.78 is 23.8. The van der Waals surface area contributed by atoms with Crippen molar-refractivity contribution in [2.24, 2.45) is 5.92 Å². The summed E-state index contributed by atoms with van der Waals surface area (Å²) in [6, 6.07) is 22.9. The van der Waals surface area contributed by atoms with Gasteiger partial charge in [0.1, 0.15) is 11.3 Å². The first-order valence-electron chi connectivity index (χ1n) is 18.6. The van der Waals surface area contributed by atoms with Crippen LogP contribution in [0.1, 0.15) is 75.8 Å². The largest absolute Gasteiger partial charge is 0.493 e. The maximum Gasteiger partial charge on any atom is 0.308 e. The lowest BCUT2D eigenvalue weighted by molar-refractivity contribution is -0.150. The number of aliphatic hydroxyl groups excluding tert-OH is 1. The molecule has 10 nitrogen and oxygen atoms in total. The monoisotopic (exact) mass is 741 g/mol. The molecule has 1 aliphatic heterocycles. The lowest BCUT2D eigenvalue weighted by Gasteiger charge is -2.37. The number of amides is 1. The van der Waals surface area contributed by atoms with Crippen molar-refractivity contribution in [3.63, 3.8) is 0 Å². The van der Waals surface area contributed by atoms with Crippen molar-refractivity contribution in [1.29, 1.82) is 5.26 Å². The molecule has 53 heavy (non-hydrogen) atoms. The maximum absolute atomic E-state index is 14.1.